The molecule has 0 radical (unpaired) electrons. The number of carboxylic acids is 2. The number of hydrogen-bond donors (Lipinski definition) is 2. The molecule has 3 rings (SSSR count). The Morgan fingerprint density at radius 1 is 1.17 bits per heavy atom. The Labute approximate surface area is 169 Å². The number of carbonyl (C=O) groups is 2. The predicted octanol–water partition coefficient (Wildman–Crippen LogP) is 2.05. The summed E-state index contributed by atoms with van der Waals surface area (Å²) in [6.45, 7) is 9.24. The van der Waals surface area contributed by atoms with Gasteiger partial charge in [0.15, 0.2) is 0 Å². The number of nitrogens with zero attached hydrogens (tertiary/aromatic N) is 3. The van der Waals surface area contributed by atoms with Gasteiger partial charge in [0.1, 0.15) is 18.3 Å². The van der Waals surface area contributed by atoms with E-state index in [1.807, 2.05) is 11.8 Å². The third-order valence-corrected chi connectivity index (χ3v) is 5.22. The van der Waals surface area contributed by atoms with Gasteiger partial charge in [0.05, 0.1) is 7.11 Å². The maximum Gasteiger partial charge on any atom is 0.325 e. The van der Waals surface area contributed by atoms with E-state index in [0.29, 0.717) is 35.3 Å². The van der Waals surface area contributed by atoms with E-state index in [1.165, 1.54) is 0 Å². The van der Waals surface area contributed by atoms with Gasteiger partial charge in [-0.1, -0.05) is 12.2 Å². The molecule has 1 fully saturated rings. The molecule has 2 aromatic rings. The van der Waals surface area contributed by atoms with Gasteiger partial charge in [-0.2, -0.15) is 0 Å². The number of aromatic nitrogens is 1. The van der Waals surface area contributed by atoms with Gasteiger partial charge >= 0.3 is 11.9 Å². The maximum absolute atomic E-state index is 12.3. The summed E-state index contributed by atoms with van der Waals surface area (Å²) in [5, 5.41) is 20.0. The van der Waals surface area contributed by atoms with Crippen molar-refractivity contribution in [1.29, 1.82) is 0 Å². The van der Waals surface area contributed by atoms with Gasteiger partial charge in [-0.15, -0.1) is 0 Å². The third-order valence-electron chi connectivity index (χ3n) is 5.22. The zero-order valence-electron chi connectivity index (χ0n) is 16.8. The highest BCUT2D eigenvalue weighted by Gasteiger charge is 2.33. The van der Waals surface area contributed by atoms with Gasteiger partial charge in [0, 0.05) is 55.4 Å². The second-order valence-electron chi connectivity index (χ2n) is 7.50. The van der Waals surface area contributed by atoms with Crippen LogP contribution in [0.25, 0.3) is 10.9 Å². The molecule has 1 aromatic carbocycles. The van der Waals surface area contributed by atoms with Gasteiger partial charge in [0.2, 0.25) is 0 Å². The monoisotopic (exact) mass is 401 g/mol. The SMILES string of the molecule is C=C(C)CN1CCN([C@@H](C(=O)O)c2cn(CC(=O)O)c3ccc(OC)cc23)CC1. The van der Waals surface area contributed by atoms with Crippen molar-refractivity contribution in [3.63, 3.8) is 0 Å². The van der Waals surface area contributed by atoms with Crippen LogP contribution in [0.1, 0.15) is 18.5 Å². The summed E-state index contributed by atoms with van der Waals surface area (Å²) in [4.78, 5) is 27.8. The summed E-state index contributed by atoms with van der Waals surface area (Å²) in [6.07, 6.45) is 1.65. The van der Waals surface area contributed by atoms with Crippen LogP contribution in [0.3, 0.4) is 0 Å². The molecule has 1 atom stereocenters. The Kier molecular flexibility index (Phi) is 6.24. The summed E-state index contributed by atoms with van der Waals surface area (Å²) in [6, 6.07) is 4.43. The molecule has 0 unspecified atom stereocenters. The summed E-state index contributed by atoms with van der Waals surface area (Å²) in [7, 11) is 1.55. The molecule has 1 aliphatic heterocycles. The first-order chi connectivity index (χ1) is 13.8. The number of carboxylic acid groups (broad SMARTS) is 2. The highest BCUT2D eigenvalue weighted by molar-refractivity contribution is 5.91. The second-order valence-corrected chi connectivity index (χ2v) is 7.50. The number of piperazine rings is 1. The van der Waals surface area contributed by atoms with E-state index in [4.69, 9.17) is 4.74 Å². The molecule has 29 heavy (non-hydrogen) atoms. The molecule has 1 aliphatic rings. The van der Waals surface area contributed by atoms with Crippen LogP contribution in [-0.4, -0.2) is 76.4 Å². The molecule has 8 nitrogen and oxygen atoms in total. The van der Waals surface area contributed by atoms with Gasteiger partial charge < -0.3 is 19.5 Å². The Hall–Kier alpha value is -2.84. The molecule has 156 valence electrons. The lowest BCUT2D eigenvalue weighted by Crippen LogP contribution is -2.49. The van der Waals surface area contributed by atoms with Crippen LogP contribution in [0.5, 0.6) is 5.75 Å². The number of benzene rings is 1. The summed E-state index contributed by atoms with van der Waals surface area (Å²) >= 11 is 0. The van der Waals surface area contributed by atoms with Crippen molar-refractivity contribution in [3.8, 4) is 5.75 Å². The standard InChI is InChI=1S/C21H27N3O5/c1-14(2)11-22-6-8-23(9-7-22)20(21(27)28)17-12-24(13-19(25)26)18-5-4-15(29-3)10-16(17)18/h4-5,10,12,20H,1,6-9,11,13H2,2-3H3,(H,25,26)(H,27,28)/t20-/m1/s1. The quantitative estimate of drug-likeness (QED) is 0.654. The molecular weight excluding hydrogens is 374 g/mol. The number of rotatable bonds is 8. The molecular formula is C21H27N3O5. The molecule has 2 N–H and O–H groups in total. The van der Waals surface area contributed by atoms with E-state index in [9.17, 15) is 19.8 Å². The van der Waals surface area contributed by atoms with E-state index in [1.54, 1.807) is 36.1 Å². The largest absolute Gasteiger partial charge is 0.497 e. The Bertz CT molecular complexity index is 928. The van der Waals surface area contributed by atoms with Crippen molar-refractivity contribution in [1.82, 2.24) is 14.4 Å². The predicted molar refractivity (Wildman–Crippen MR) is 109 cm³/mol. The fraction of sp³-hybridized carbons (Fsp3) is 0.429. The zero-order chi connectivity index (χ0) is 21.1. The molecule has 0 spiro atoms. The number of aliphatic carboxylic acids is 2. The average Bonchev–Trinajstić information content (AvgIpc) is 2.99. The van der Waals surface area contributed by atoms with E-state index in [2.05, 4.69) is 11.5 Å². The summed E-state index contributed by atoms with van der Waals surface area (Å²) in [5.74, 6) is -1.33. The lowest BCUT2D eigenvalue weighted by molar-refractivity contribution is -0.144. The number of methoxy groups -OCH3 is 1. The first kappa shape index (κ1) is 20.9. The number of ether oxygens (including phenoxy) is 1. The lowest BCUT2D eigenvalue weighted by Gasteiger charge is -2.37. The molecule has 0 amide bonds. The molecule has 1 aromatic heterocycles. The molecule has 8 heteroatoms. The van der Waals surface area contributed by atoms with Crippen LogP contribution < -0.4 is 4.74 Å². The minimum atomic E-state index is -0.982. The molecule has 0 bridgehead atoms. The van der Waals surface area contributed by atoms with Crippen molar-refractivity contribution in [2.75, 3.05) is 39.8 Å². The summed E-state index contributed by atoms with van der Waals surface area (Å²) in [5.41, 5.74) is 2.34. The van der Waals surface area contributed by atoms with Crippen LogP contribution in [-0.2, 0) is 16.1 Å². The molecule has 2 heterocycles. The number of hydrogen-bond acceptors (Lipinski definition) is 5. The second kappa shape index (κ2) is 8.67. The van der Waals surface area contributed by atoms with Gasteiger partial charge in [-0.05, 0) is 25.1 Å². The highest BCUT2D eigenvalue weighted by Crippen LogP contribution is 2.33. The third kappa shape index (κ3) is 4.60. The van der Waals surface area contributed by atoms with Crippen LogP contribution in [0.4, 0.5) is 0 Å². The summed E-state index contributed by atoms with van der Waals surface area (Å²) < 4.78 is 6.89. The Morgan fingerprint density at radius 2 is 1.86 bits per heavy atom. The topological polar surface area (TPSA) is 95.2 Å². The fourth-order valence-corrected chi connectivity index (χ4v) is 3.97. The van der Waals surface area contributed by atoms with Crippen molar-refractivity contribution in [2.45, 2.75) is 19.5 Å². The first-order valence-corrected chi connectivity index (χ1v) is 9.52. The van der Waals surface area contributed by atoms with E-state index >= 15 is 0 Å². The first-order valence-electron chi connectivity index (χ1n) is 9.52. The minimum Gasteiger partial charge on any atom is -0.497 e. The van der Waals surface area contributed by atoms with Gasteiger partial charge in [-0.3, -0.25) is 19.4 Å². The Morgan fingerprint density at radius 3 is 2.41 bits per heavy atom. The minimum absolute atomic E-state index is 0.235. The van der Waals surface area contributed by atoms with E-state index in [-0.39, 0.29) is 6.54 Å². The van der Waals surface area contributed by atoms with Crippen LogP contribution in [0.2, 0.25) is 0 Å². The molecule has 0 aliphatic carbocycles. The van der Waals surface area contributed by atoms with Crippen LogP contribution in [0, 0.1) is 0 Å². The van der Waals surface area contributed by atoms with Crippen LogP contribution >= 0.6 is 0 Å². The Balaban J connectivity index is 1.97. The number of fused-ring (bicyclic) bond motifs is 1. The average molecular weight is 401 g/mol. The molecule has 1 saturated heterocycles. The maximum atomic E-state index is 12.3. The van der Waals surface area contributed by atoms with Gasteiger partial charge in [0.25, 0.3) is 0 Å². The lowest BCUT2D eigenvalue weighted by atomic mass is 10.0. The van der Waals surface area contributed by atoms with Crippen molar-refractivity contribution in [3.05, 3.63) is 42.1 Å². The van der Waals surface area contributed by atoms with Crippen molar-refractivity contribution < 1.29 is 24.5 Å². The smallest absolute Gasteiger partial charge is 0.325 e. The fourth-order valence-electron chi connectivity index (χ4n) is 3.97. The van der Waals surface area contributed by atoms with Crippen molar-refractivity contribution >= 4 is 22.8 Å². The zero-order valence-corrected chi connectivity index (χ0v) is 16.8. The molecule has 0 saturated carbocycles. The van der Waals surface area contributed by atoms with E-state index < -0.39 is 18.0 Å². The van der Waals surface area contributed by atoms with E-state index in [0.717, 1.165) is 25.2 Å². The normalized spacial score (nSPS) is 16.6. The highest BCUT2D eigenvalue weighted by atomic mass is 16.5. The van der Waals surface area contributed by atoms with Crippen molar-refractivity contribution in [2.24, 2.45) is 0 Å². The van der Waals surface area contributed by atoms with Crippen LogP contribution in [0.15, 0.2) is 36.5 Å². The van der Waals surface area contributed by atoms with Gasteiger partial charge in [-0.25, -0.2) is 0 Å².